The third-order valence-corrected chi connectivity index (χ3v) is 1.69. The van der Waals surface area contributed by atoms with Crippen LogP contribution in [0.3, 0.4) is 0 Å². The lowest BCUT2D eigenvalue weighted by Crippen LogP contribution is -2.18. The third kappa shape index (κ3) is 2.53. The van der Waals surface area contributed by atoms with E-state index in [9.17, 15) is 0 Å². The van der Waals surface area contributed by atoms with Gasteiger partial charge in [0, 0.05) is 0 Å². The molecule has 0 amide bonds. The van der Waals surface area contributed by atoms with E-state index in [0.29, 0.717) is 12.2 Å². The van der Waals surface area contributed by atoms with Crippen LogP contribution >= 0.6 is 0 Å². The van der Waals surface area contributed by atoms with E-state index in [1.165, 1.54) is 12.8 Å². The molecule has 0 fully saturated rings. The number of hydrogen-bond acceptors (Lipinski definition) is 1. The number of allylic oxidation sites excluding steroid dienone is 1. The van der Waals surface area contributed by atoms with E-state index in [4.69, 9.17) is 4.74 Å². The van der Waals surface area contributed by atoms with Crippen LogP contribution in [0.15, 0.2) is 12.2 Å². The van der Waals surface area contributed by atoms with Gasteiger partial charge in [-0.1, -0.05) is 12.2 Å². The zero-order valence-corrected chi connectivity index (χ0v) is 6.84. The van der Waals surface area contributed by atoms with E-state index in [1.54, 1.807) is 0 Å². The average Bonchev–Trinajstić information content (AvgIpc) is 1.88. The van der Waals surface area contributed by atoms with Gasteiger partial charge in [-0.3, -0.25) is 0 Å². The van der Waals surface area contributed by atoms with Crippen LogP contribution in [-0.2, 0) is 4.74 Å². The summed E-state index contributed by atoms with van der Waals surface area (Å²) in [5, 5.41) is 0. The van der Waals surface area contributed by atoms with E-state index in [0.717, 1.165) is 6.42 Å². The van der Waals surface area contributed by atoms with Crippen LogP contribution in [0, 0.1) is 0 Å². The van der Waals surface area contributed by atoms with E-state index < -0.39 is 0 Å². The van der Waals surface area contributed by atoms with Crippen LogP contribution in [0.2, 0.25) is 0 Å². The Labute approximate surface area is 63.1 Å². The molecule has 1 atom stereocenters. The lowest BCUT2D eigenvalue weighted by molar-refractivity contribution is 0.00367. The Morgan fingerprint density at radius 2 is 2.20 bits per heavy atom. The molecule has 0 spiro atoms. The lowest BCUT2D eigenvalue weighted by Gasteiger charge is -2.20. The zero-order valence-electron chi connectivity index (χ0n) is 6.84. The molecule has 0 bridgehead atoms. The zero-order chi connectivity index (χ0) is 7.40. The molecule has 10 heavy (non-hydrogen) atoms. The first-order chi connectivity index (χ1) is 4.79. The van der Waals surface area contributed by atoms with Crippen LogP contribution in [0.25, 0.3) is 0 Å². The summed E-state index contributed by atoms with van der Waals surface area (Å²) in [6.07, 6.45) is 8.84. The Morgan fingerprint density at radius 3 is 2.70 bits per heavy atom. The molecule has 1 nitrogen and oxygen atoms in total. The molecule has 0 N–H and O–H groups in total. The topological polar surface area (TPSA) is 9.23 Å². The molecule has 0 aliphatic heterocycles. The second-order valence-electron chi connectivity index (χ2n) is 3.09. The standard InChI is InChI=1S/C9H16O/c1-8(2)10-9-6-4-3-5-7-9/h3-4,8-9H,5-7H2,1-2H3. The normalized spacial score (nSPS) is 25.7. The predicted molar refractivity (Wildman–Crippen MR) is 43.0 cm³/mol. The fraction of sp³-hybridized carbons (Fsp3) is 0.778. The molecule has 1 aliphatic carbocycles. The Balaban J connectivity index is 2.22. The van der Waals surface area contributed by atoms with Crippen molar-refractivity contribution in [2.75, 3.05) is 0 Å². The Morgan fingerprint density at radius 1 is 1.40 bits per heavy atom. The minimum absolute atomic E-state index is 0.386. The van der Waals surface area contributed by atoms with Crippen molar-refractivity contribution in [3.05, 3.63) is 12.2 Å². The summed E-state index contributed by atoms with van der Waals surface area (Å²) in [6.45, 7) is 4.19. The Kier molecular flexibility index (Phi) is 2.94. The van der Waals surface area contributed by atoms with E-state index in [2.05, 4.69) is 26.0 Å². The summed E-state index contributed by atoms with van der Waals surface area (Å²) in [6, 6.07) is 0. The first-order valence-electron chi connectivity index (χ1n) is 4.09. The molecule has 0 saturated heterocycles. The van der Waals surface area contributed by atoms with E-state index in [-0.39, 0.29) is 0 Å². The second kappa shape index (κ2) is 3.77. The van der Waals surface area contributed by atoms with Crippen LogP contribution in [-0.4, -0.2) is 12.2 Å². The van der Waals surface area contributed by atoms with Crippen LogP contribution in [0.4, 0.5) is 0 Å². The molecule has 0 radical (unpaired) electrons. The van der Waals surface area contributed by atoms with Gasteiger partial charge in [-0.25, -0.2) is 0 Å². The fourth-order valence-electron chi connectivity index (χ4n) is 1.27. The van der Waals surface area contributed by atoms with Crippen molar-refractivity contribution in [1.29, 1.82) is 0 Å². The smallest absolute Gasteiger partial charge is 0.0615 e. The second-order valence-corrected chi connectivity index (χ2v) is 3.09. The van der Waals surface area contributed by atoms with Gasteiger partial charge in [-0.05, 0) is 33.1 Å². The maximum atomic E-state index is 5.64. The molecule has 0 heterocycles. The van der Waals surface area contributed by atoms with Crippen molar-refractivity contribution in [2.45, 2.75) is 45.3 Å². The molecule has 1 aliphatic rings. The summed E-state index contributed by atoms with van der Waals surface area (Å²) < 4.78 is 5.64. The van der Waals surface area contributed by atoms with Gasteiger partial charge in [-0.2, -0.15) is 0 Å². The van der Waals surface area contributed by atoms with Crippen molar-refractivity contribution in [2.24, 2.45) is 0 Å². The largest absolute Gasteiger partial charge is 0.375 e. The maximum absolute atomic E-state index is 5.64. The molecular weight excluding hydrogens is 124 g/mol. The van der Waals surface area contributed by atoms with Crippen LogP contribution in [0.1, 0.15) is 33.1 Å². The van der Waals surface area contributed by atoms with Crippen molar-refractivity contribution < 1.29 is 4.74 Å². The first-order valence-corrected chi connectivity index (χ1v) is 4.09. The summed E-state index contributed by atoms with van der Waals surface area (Å²) in [5.74, 6) is 0. The third-order valence-electron chi connectivity index (χ3n) is 1.69. The van der Waals surface area contributed by atoms with Crippen molar-refractivity contribution in [3.8, 4) is 0 Å². The maximum Gasteiger partial charge on any atom is 0.0615 e. The number of rotatable bonds is 2. The fourth-order valence-corrected chi connectivity index (χ4v) is 1.27. The number of ether oxygens (including phenoxy) is 1. The minimum atomic E-state index is 0.386. The minimum Gasteiger partial charge on any atom is -0.375 e. The highest BCUT2D eigenvalue weighted by Crippen LogP contribution is 2.15. The van der Waals surface area contributed by atoms with Crippen molar-refractivity contribution in [1.82, 2.24) is 0 Å². The molecule has 1 rings (SSSR count). The molecule has 1 unspecified atom stereocenters. The van der Waals surface area contributed by atoms with Gasteiger partial charge in [0.2, 0.25) is 0 Å². The van der Waals surface area contributed by atoms with E-state index >= 15 is 0 Å². The average molecular weight is 140 g/mol. The Bertz CT molecular complexity index is 116. The highest BCUT2D eigenvalue weighted by atomic mass is 16.5. The molecule has 0 aromatic rings. The first kappa shape index (κ1) is 7.80. The van der Waals surface area contributed by atoms with Gasteiger partial charge < -0.3 is 4.74 Å². The van der Waals surface area contributed by atoms with E-state index in [1.807, 2.05) is 0 Å². The van der Waals surface area contributed by atoms with Gasteiger partial charge in [-0.15, -0.1) is 0 Å². The van der Waals surface area contributed by atoms with Crippen LogP contribution < -0.4 is 0 Å². The molecule has 1 heteroatoms. The summed E-state index contributed by atoms with van der Waals surface area (Å²) in [4.78, 5) is 0. The van der Waals surface area contributed by atoms with Crippen molar-refractivity contribution in [3.63, 3.8) is 0 Å². The quantitative estimate of drug-likeness (QED) is 0.535. The lowest BCUT2D eigenvalue weighted by atomic mass is 10.0. The Hall–Kier alpha value is -0.300. The van der Waals surface area contributed by atoms with Gasteiger partial charge in [0.1, 0.15) is 0 Å². The molecule has 0 aromatic heterocycles. The summed E-state index contributed by atoms with van der Waals surface area (Å²) >= 11 is 0. The molecule has 0 aromatic carbocycles. The van der Waals surface area contributed by atoms with Gasteiger partial charge in [0.05, 0.1) is 12.2 Å². The highest BCUT2D eigenvalue weighted by Gasteiger charge is 2.10. The molecule has 0 saturated carbocycles. The van der Waals surface area contributed by atoms with Crippen LogP contribution in [0.5, 0.6) is 0 Å². The molecule has 58 valence electrons. The number of hydrogen-bond donors (Lipinski definition) is 0. The van der Waals surface area contributed by atoms with Gasteiger partial charge >= 0.3 is 0 Å². The van der Waals surface area contributed by atoms with Gasteiger partial charge in [0.25, 0.3) is 0 Å². The SMILES string of the molecule is CC(C)OC1CC=CCC1. The molecular formula is C9H16O. The predicted octanol–water partition coefficient (Wildman–Crippen LogP) is 2.52. The highest BCUT2D eigenvalue weighted by molar-refractivity contribution is 4.90. The van der Waals surface area contributed by atoms with Gasteiger partial charge in [0.15, 0.2) is 0 Å². The monoisotopic (exact) mass is 140 g/mol. The van der Waals surface area contributed by atoms with Crippen molar-refractivity contribution >= 4 is 0 Å². The summed E-state index contributed by atoms with van der Waals surface area (Å²) in [5.41, 5.74) is 0. The summed E-state index contributed by atoms with van der Waals surface area (Å²) in [7, 11) is 0.